The van der Waals surface area contributed by atoms with Crippen molar-refractivity contribution in [3.63, 3.8) is 0 Å². The lowest BCUT2D eigenvalue weighted by Crippen LogP contribution is -2.40. The smallest absolute Gasteiger partial charge is 0.227 e. The van der Waals surface area contributed by atoms with Crippen LogP contribution in [-0.4, -0.2) is 29.7 Å². The number of ketones is 1. The molecule has 5 heteroatoms. The van der Waals surface area contributed by atoms with Crippen molar-refractivity contribution < 1.29 is 14.0 Å². The minimum Gasteiger partial charge on any atom is -0.342 e. The van der Waals surface area contributed by atoms with Crippen molar-refractivity contribution >= 4 is 23.0 Å². The fourth-order valence-electron chi connectivity index (χ4n) is 2.91. The van der Waals surface area contributed by atoms with Gasteiger partial charge in [0.2, 0.25) is 5.91 Å². The number of likely N-dealkylation sites (tertiary alicyclic amines) is 1. The van der Waals surface area contributed by atoms with Gasteiger partial charge in [-0.05, 0) is 48.6 Å². The Kier molecular flexibility index (Phi) is 4.86. The maximum Gasteiger partial charge on any atom is 0.227 e. The van der Waals surface area contributed by atoms with Crippen molar-refractivity contribution in [3.8, 4) is 0 Å². The molecule has 0 aliphatic carbocycles. The van der Waals surface area contributed by atoms with Crippen molar-refractivity contribution in [1.29, 1.82) is 0 Å². The lowest BCUT2D eigenvalue weighted by Gasteiger charge is -2.31. The third-order valence-corrected chi connectivity index (χ3v) is 5.13. The van der Waals surface area contributed by atoms with Crippen LogP contribution in [0.1, 0.15) is 28.1 Å². The van der Waals surface area contributed by atoms with E-state index in [4.69, 9.17) is 0 Å². The number of hydrogen-bond donors (Lipinski definition) is 0. The lowest BCUT2D eigenvalue weighted by molar-refractivity contribution is -0.131. The number of rotatable bonds is 4. The molecule has 2 aromatic rings. The molecule has 23 heavy (non-hydrogen) atoms. The molecule has 1 amide bonds. The van der Waals surface area contributed by atoms with Crippen LogP contribution in [0.5, 0.6) is 0 Å². The third-order valence-electron chi connectivity index (χ3n) is 4.25. The second kappa shape index (κ2) is 7.04. The zero-order chi connectivity index (χ0) is 16.2. The van der Waals surface area contributed by atoms with Gasteiger partial charge in [-0.25, -0.2) is 4.39 Å². The maximum absolute atomic E-state index is 12.9. The molecule has 1 saturated heterocycles. The number of halogens is 1. The van der Waals surface area contributed by atoms with Gasteiger partial charge in [-0.3, -0.25) is 9.59 Å². The zero-order valence-corrected chi connectivity index (χ0v) is 13.5. The summed E-state index contributed by atoms with van der Waals surface area (Å²) in [5.74, 6) is -0.239. The summed E-state index contributed by atoms with van der Waals surface area (Å²) < 4.78 is 12.9. The van der Waals surface area contributed by atoms with Crippen LogP contribution in [0, 0.1) is 11.7 Å². The van der Waals surface area contributed by atoms with E-state index in [1.165, 1.54) is 24.3 Å². The minimum atomic E-state index is -0.337. The SMILES string of the molecule is O=C(c1ccc(F)cc1)C1CCN(C(=O)Cc2cccs2)CC1. The Hall–Kier alpha value is -2.01. The molecule has 0 N–H and O–H groups in total. The van der Waals surface area contributed by atoms with E-state index in [9.17, 15) is 14.0 Å². The molecular formula is C18H18FNO2S. The first-order valence-corrected chi connectivity index (χ1v) is 8.61. The number of hydrogen-bond acceptors (Lipinski definition) is 3. The van der Waals surface area contributed by atoms with Crippen LogP contribution in [0.15, 0.2) is 41.8 Å². The van der Waals surface area contributed by atoms with E-state index in [1.54, 1.807) is 11.3 Å². The summed E-state index contributed by atoms with van der Waals surface area (Å²) in [6.07, 6.45) is 1.78. The summed E-state index contributed by atoms with van der Waals surface area (Å²) >= 11 is 1.59. The molecule has 1 fully saturated rings. The monoisotopic (exact) mass is 331 g/mol. The Labute approximate surface area is 138 Å². The molecule has 0 radical (unpaired) electrons. The first kappa shape index (κ1) is 15.9. The average molecular weight is 331 g/mol. The van der Waals surface area contributed by atoms with Crippen LogP contribution in [-0.2, 0) is 11.2 Å². The molecule has 2 heterocycles. The molecule has 0 bridgehead atoms. The van der Waals surface area contributed by atoms with Crippen molar-refractivity contribution in [2.45, 2.75) is 19.3 Å². The third kappa shape index (κ3) is 3.85. The molecule has 0 unspecified atom stereocenters. The van der Waals surface area contributed by atoms with Gasteiger partial charge in [-0.1, -0.05) is 6.07 Å². The Balaban J connectivity index is 1.54. The first-order valence-electron chi connectivity index (χ1n) is 7.73. The van der Waals surface area contributed by atoms with E-state index in [1.807, 2.05) is 22.4 Å². The molecule has 1 aromatic carbocycles. The van der Waals surface area contributed by atoms with Crippen LogP contribution >= 0.6 is 11.3 Å². The number of carbonyl (C=O) groups is 2. The highest BCUT2D eigenvalue weighted by molar-refractivity contribution is 7.10. The number of nitrogens with zero attached hydrogens (tertiary/aromatic N) is 1. The number of piperidine rings is 1. The van der Waals surface area contributed by atoms with Crippen LogP contribution in [0.25, 0.3) is 0 Å². The molecule has 1 aliphatic heterocycles. The molecule has 0 atom stereocenters. The summed E-state index contributed by atoms with van der Waals surface area (Å²) in [4.78, 5) is 27.6. The van der Waals surface area contributed by atoms with Gasteiger partial charge in [0.15, 0.2) is 5.78 Å². The predicted molar refractivity (Wildman–Crippen MR) is 88.1 cm³/mol. The van der Waals surface area contributed by atoms with E-state index in [-0.39, 0.29) is 23.4 Å². The van der Waals surface area contributed by atoms with Gasteiger partial charge in [0.05, 0.1) is 6.42 Å². The van der Waals surface area contributed by atoms with Gasteiger partial charge in [-0.2, -0.15) is 0 Å². The number of benzene rings is 1. The van der Waals surface area contributed by atoms with Gasteiger partial charge < -0.3 is 4.90 Å². The maximum atomic E-state index is 12.9. The van der Waals surface area contributed by atoms with Crippen molar-refractivity contribution in [2.24, 2.45) is 5.92 Å². The quantitative estimate of drug-likeness (QED) is 0.804. The normalized spacial score (nSPS) is 15.6. The highest BCUT2D eigenvalue weighted by atomic mass is 32.1. The molecule has 1 aromatic heterocycles. The Morgan fingerprint density at radius 3 is 2.43 bits per heavy atom. The Morgan fingerprint density at radius 1 is 1.13 bits per heavy atom. The molecule has 1 aliphatic rings. The molecule has 0 saturated carbocycles. The predicted octanol–water partition coefficient (Wildman–Crippen LogP) is 3.55. The summed E-state index contributed by atoms with van der Waals surface area (Å²) in [5, 5.41) is 1.97. The largest absolute Gasteiger partial charge is 0.342 e. The van der Waals surface area contributed by atoms with Crippen molar-refractivity contribution in [3.05, 3.63) is 58.0 Å². The summed E-state index contributed by atoms with van der Waals surface area (Å²) in [7, 11) is 0. The van der Waals surface area contributed by atoms with Gasteiger partial charge in [0, 0.05) is 29.4 Å². The van der Waals surface area contributed by atoms with Crippen LogP contribution in [0.2, 0.25) is 0 Å². The van der Waals surface area contributed by atoms with Gasteiger partial charge in [-0.15, -0.1) is 11.3 Å². The van der Waals surface area contributed by atoms with E-state index >= 15 is 0 Å². The number of Topliss-reactive ketones (excluding diaryl/α,β-unsaturated/α-hetero) is 1. The number of thiophene rings is 1. The van der Waals surface area contributed by atoms with Crippen LogP contribution in [0.3, 0.4) is 0 Å². The van der Waals surface area contributed by atoms with Gasteiger partial charge in [0.25, 0.3) is 0 Å². The Bertz CT molecular complexity index is 674. The fourth-order valence-corrected chi connectivity index (χ4v) is 3.61. The summed E-state index contributed by atoms with van der Waals surface area (Å²) in [6, 6.07) is 9.60. The average Bonchev–Trinajstić information content (AvgIpc) is 3.08. The first-order chi connectivity index (χ1) is 11.1. The molecule has 120 valence electrons. The minimum absolute atomic E-state index is 0.0513. The number of amides is 1. The van der Waals surface area contributed by atoms with Gasteiger partial charge >= 0.3 is 0 Å². The standard InChI is InChI=1S/C18H18FNO2S/c19-15-5-3-13(4-6-15)18(22)14-7-9-20(10-8-14)17(21)12-16-2-1-11-23-16/h1-6,11,14H,7-10,12H2. The fraction of sp³-hybridized carbons (Fsp3) is 0.333. The van der Waals surface area contributed by atoms with Crippen LogP contribution in [0.4, 0.5) is 4.39 Å². The number of carbonyl (C=O) groups excluding carboxylic acids is 2. The highest BCUT2D eigenvalue weighted by Crippen LogP contribution is 2.23. The molecular weight excluding hydrogens is 313 g/mol. The summed E-state index contributed by atoms with van der Waals surface area (Å²) in [6.45, 7) is 1.23. The van der Waals surface area contributed by atoms with Crippen LogP contribution < -0.4 is 0 Å². The topological polar surface area (TPSA) is 37.4 Å². The van der Waals surface area contributed by atoms with Crippen molar-refractivity contribution in [1.82, 2.24) is 4.90 Å². The highest BCUT2D eigenvalue weighted by Gasteiger charge is 2.27. The summed E-state index contributed by atoms with van der Waals surface area (Å²) in [5.41, 5.74) is 0.551. The van der Waals surface area contributed by atoms with E-state index in [0.717, 1.165) is 4.88 Å². The molecule has 3 rings (SSSR count). The Morgan fingerprint density at radius 2 is 1.83 bits per heavy atom. The second-order valence-electron chi connectivity index (χ2n) is 5.78. The van der Waals surface area contributed by atoms with E-state index in [2.05, 4.69) is 0 Å². The zero-order valence-electron chi connectivity index (χ0n) is 12.7. The second-order valence-corrected chi connectivity index (χ2v) is 6.81. The molecule has 3 nitrogen and oxygen atoms in total. The van der Waals surface area contributed by atoms with Gasteiger partial charge in [0.1, 0.15) is 5.82 Å². The van der Waals surface area contributed by atoms with E-state index < -0.39 is 0 Å². The van der Waals surface area contributed by atoms with Crippen molar-refractivity contribution in [2.75, 3.05) is 13.1 Å². The lowest BCUT2D eigenvalue weighted by atomic mass is 9.89. The molecule has 0 spiro atoms. The van der Waals surface area contributed by atoms with E-state index in [0.29, 0.717) is 37.9 Å².